The van der Waals surface area contributed by atoms with Gasteiger partial charge >= 0.3 is 0 Å². The number of benzene rings is 1. The number of fused-ring (bicyclic) bond motifs is 5. The molecule has 1 fully saturated rings. The molecule has 1 aromatic carbocycles. The second kappa shape index (κ2) is 6.02. The lowest BCUT2D eigenvalue weighted by Crippen LogP contribution is -2.50. The fourth-order valence-electron chi connectivity index (χ4n) is 5.01. The van der Waals surface area contributed by atoms with Crippen molar-refractivity contribution in [3.8, 4) is 12.1 Å². The summed E-state index contributed by atoms with van der Waals surface area (Å²) in [6.45, 7) is 4.09. The number of nitrogens with zero attached hydrogens (tertiary/aromatic N) is 5. The standard InChI is InChI=1S/C21H18ClN5O/c1-20(2)12-8-9-21(20,18-17(12)25-14(10-23)15(11-24)26-18)19(28)27(3)16-7-5-4-6-13(16)22/h4-7,12H,8-9H2,1-3H3. The lowest BCUT2D eigenvalue weighted by atomic mass is 9.67. The van der Waals surface area contributed by atoms with Crippen LogP contribution in [-0.2, 0) is 10.2 Å². The maximum Gasteiger partial charge on any atom is 0.239 e. The summed E-state index contributed by atoms with van der Waals surface area (Å²) < 4.78 is 0. The Kier molecular flexibility index (Phi) is 3.96. The van der Waals surface area contributed by atoms with Gasteiger partial charge in [0, 0.05) is 13.0 Å². The molecule has 2 unspecified atom stereocenters. The molecule has 2 bridgehead atoms. The topological polar surface area (TPSA) is 93.7 Å². The van der Waals surface area contributed by atoms with Gasteiger partial charge in [0.2, 0.25) is 5.91 Å². The van der Waals surface area contributed by atoms with E-state index in [0.717, 1.165) is 6.42 Å². The van der Waals surface area contributed by atoms with Crippen molar-refractivity contribution in [2.75, 3.05) is 11.9 Å². The molecule has 7 heteroatoms. The third kappa shape index (κ3) is 2.10. The molecule has 0 N–H and O–H groups in total. The van der Waals surface area contributed by atoms with E-state index < -0.39 is 10.8 Å². The lowest BCUT2D eigenvalue weighted by Gasteiger charge is -2.39. The smallest absolute Gasteiger partial charge is 0.239 e. The summed E-state index contributed by atoms with van der Waals surface area (Å²) in [6, 6.07) is 11.1. The molecule has 140 valence electrons. The van der Waals surface area contributed by atoms with Crippen molar-refractivity contribution < 1.29 is 4.79 Å². The third-order valence-corrected chi connectivity index (χ3v) is 6.85. The molecule has 2 aromatic rings. The van der Waals surface area contributed by atoms with Crippen LogP contribution in [0.5, 0.6) is 0 Å². The van der Waals surface area contributed by atoms with Gasteiger partial charge in [-0.25, -0.2) is 9.97 Å². The molecule has 28 heavy (non-hydrogen) atoms. The molecular formula is C21H18ClN5O. The average Bonchev–Trinajstić information content (AvgIpc) is 3.07. The SMILES string of the molecule is CN(C(=O)C12CCC(c3nc(C#N)c(C#N)nc31)C2(C)C)c1ccccc1Cl. The largest absolute Gasteiger partial charge is 0.313 e. The predicted octanol–water partition coefficient (Wildman–Crippen LogP) is 3.69. The van der Waals surface area contributed by atoms with Gasteiger partial charge in [-0.1, -0.05) is 37.6 Å². The molecule has 2 atom stereocenters. The molecular weight excluding hydrogens is 374 g/mol. The molecule has 0 spiro atoms. The van der Waals surface area contributed by atoms with E-state index in [2.05, 4.69) is 9.97 Å². The van der Waals surface area contributed by atoms with Crippen LogP contribution in [0.3, 0.4) is 0 Å². The van der Waals surface area contributed by atoms with Crippen LogP contribution in [0, 0.1) is 28.1 Å². The molecule has 2 aliphatic carbocycles. The molecule has 1 amide bonds. The van der Waals surface area contributed by atoms with Crippen LogP contribution in [0.15, 0.2) is 24.3 Å². The number of nitriles is 2. The normalized spacial score (nSPS) is 23.6. The minimum absolute atomic E-state index is 0.0124. The Morgan fingerprint density at radius 3 is 2.50 bits per heavy atom. The van der Waals surface area contributed by atoms with Gasteiger partial charge in [0.25, 0.3) is 0 Å². The maximum atomic E-state index is 13.9. The first kappa shape index (κ1) is 18.4. The summed E-state index contributed by atoms with van der Waals surface area (Å²) in [5.74, 6) is -0.104. The van der Waals surface area contributed by atoms with Gasteiger partial charge < -0.3 is 4.90 Å². The maximum absolute atomic E-state index is 13.9. The van der Waals surface area contributed by atoms with Gasteiger partial charge in [0.05, 0.1) is 27.5 Å². The first-order valence-electron chi connectivity index (χ1n) is 9.05. The first-order valence-corrected chi connectivity index (χ1v) is 9.42. The van der Waals surface area contributed by atoms with Crippen molar-refractivity contribution in [3.05, 3.63) is 52.1 Å². The highest BCUT2D eigenvalue weighted by atomic mass is 35.5. The number of carbonyl (C=O) groups excluding carboxylic acids is 1. The van der Waals surface area contributed by atoms with E-state index in [1.807, 2.05) is 38.1 Å². The van der Waals surface area contributed by atoms with Gasteiger partial charge in [-0.05, 0) is 30.4 Å². The minimum atomic E-state index is -0.909. The van der Waals surface area contributed by atoms with E-state index in [4.69, 9.17) is 11.6 Å². The number of carbonyl (C=O) groups is 1. The summed E-state index contributed by atoms with van der Waals surface area (Å²) in [4.78, 5) is 24.4. The van der Waals surface area contributed by atoms with E-state index in [-0.39, 0.29) is 23.2 Å². The van der Waals surface area contributed by atoms with Crippen molar-refractivity contribution >= 4 is 23.2 Å². The molecule has 1 heterocycles. The number of anilines is 1. The zero-order valence-corrected chi connectivity index (χ0v) is 16.6. The highest BCUT2D eigenvalue weighted by molar-refractivity contribution is 6.33. The van der Waals surface area contributed by atoms with Crippen molar-refractivity contribution in [1.82, 2.24) is 9.97 Å². The van der Waals surface area contributed by atoms with Crippen LogP contribution >= 0.6 is 11.6 Å². The van der Waals surface area contributed by atoms with E-state index >= 15 is 0 Å². The molecule has 1 saturated carbocycles. The van der Waals surface area contributed by atoms with Crippen LogP contribution in [0.25, 0.3) is 0 Å². The molecule has 2 aliphatic rings. The Morgan fingerprint density at radius 2 is 1.86 bits per heavy atom. The Labute approximate surface area is 168 Å². The molecule has 0 radical (unpaired) electrons. The number of aromatic nitrogens is 2. The zero-order chi connectivity index (χ0) is 20.3. The number of amides is 1. The zero-order valence-electron chi connectivity index (χ0n) is 15.8. The van der Waals surface area contributed by atoms with Gasteiger partial charge in [-0.2, -0.15) is 10.5 Å². The van der Waals surface area contributed by atoms with Gasteiger partial charge in [0.15, 0.2) is 11.4 Å². The number of halogens is 1. The number of hydrogen-bond donors (Lipinski definition) is 0. The Hall–Kier alpha value is -2.96. The molecule has 0 saturated heterocycles. The second-order valence-corrected chi connectivity index (χ2v) is 8.32. The second-order valence-electron chi connectivity index (χ2n) is 7.91. The Bertz CT molecular complexity index is 1100. The van der Waals surface area contributed by atoms with Crippen LogP contribution in [-0.4, -0.2) is 22.9 Å². The van der Waals surface area contributed by atoms with Crippen LogP contribution in [0.2, 0.25) is 5.02 Å². The van der Waals surface area contributed by atoms with E-state index in [9.17, 15) is 15.3 Å². The highest BCUT2D eigenvalue weighted by Crippen LogP contribution is 2.67. The van der Waals surface area contributed by atoms with E-state index in [0.29, 0.717) is 28.5 Å². The minimum Gasteiger partial charge on any atom is -0.313 e. The predicted molar refractivity (Wildman–Crippen MR) is 104 cm³/mol. The Morgan fingerprint density at radius 1 is 1.21 bits per heavy atom. The molecule has 4 rings (SSSR count). The summed E-state index contributed by atoms with van der Waals surface area (Å²) >= 11 is 6.33. The van der Waals surface area contributed by atoms with Crippen LogP contribution < -0.4 is 4.90 Å². The fourth-order valence-corrected chi connectivity index (χ4v) is 5.27. The van der Waals surface area contributed by atoms with E-state index in [1.165, 1.54) is 0 Å². The highest BCUT2D eigenvalue weighted by Gasteiger charge is 2.68. The van der Waals surface area contributed by atoms with Gasteiger partial charge in [-0.3, -0.25) is 4.79 Å². The third-order valence-electron chi connectivity index (χ3n) is 6.53. The molecule has 6 nitrogen and oxygen atoms in total. The van der Waals surface area contributed by atoms with Crippen molar-refractivity contribution in [3.63, 3.8) is 0 Å². The van der Waals surface area contributed by atoms with Gasteiger partial charge in [-0.15, -0.1) is 0 Å². The van der Waals surface area contributed by atoms with Gasteiger partial charge in [0.1, 0.15) is 12.1 Å². The molecule has 0 aliphatic heterocycles. The Balaban J connectivity index is 1.92. The van der Waals surface area contributed by atoms with Crippen LogP contribution in [0.1, 0.15) is 55.4 Å². The average molecular weight is 392 g/mol. The summed E-state index contributed by atoms with van der Waals surface area (Å²) in [5, 5.41) is 19.2. The van der Waals surface area contributed by atoms with Crippen molar-refractivity contribution in [1.29, 1.82) is 10.5 Å². The van der Waals surface area contributed by atoms with Crippen molar-refractivity contribution in [2.45, 2.75) is 38.0 Å². The summed E-state index contributed by atoms with van der Waals surface area (Å²) in [5.41, 5.74) is 0.471. The quantitative estimate of drug-likeness (QED) is 0.778. The first-order chi connectivity index (χ1) is 13.3. The fraction of sp³-hybridized carbons (Fsp3) is 0.381. The van der Waals surface area contributed by atoms with E-state index in [1.54, 1.807) is 24.1 Å². The number of rotatable bonds is 2. The number of para-hydroxylation sites is 1. The summed E-state index contributed by atoms with van der Waals surface area (Å²) in [7, 11) is 1.71. The monoisotopic (exact) mass is 391 g/mol. The van der Waals surface area contributed by atoms with Crippen LogP contribution in [0.4, 0.5) is 5.69 Å². The lowest BCUT2D eigenvalue weighted by molar-refractivity contribution is -0.126. The summed E-state index contributed by atoms with van der Waals surface area (Å²) in [6.07, 6.45) is 1.41. The number of likely N-dealkylation sites (N-methyl/N-ethyl adjacent to an activating group) is 1. The molecule has 1 aromatic heterocycles. The number of hydrogen-bond acceptors (Lipinski definition) is 5. The van der Waals surface area contributed by atoms with Crippen molar-refractivity contribution in [2.24, 2.45) is 5.41 Å².